The lowest BCUT2D eigenvalue weighted by molar-refractivity contribution is 0.1000. The van der Waals surface area contributed by atoms with Crippen molar-refractivity contribution < 1.29 is 9.90 Å². The molecule has 0 aliphatic heterocycles. The summed E-state index contributed by atoms with van der Waals surface area (Å²) in [5, 5.41) is 16.3. The molecule has 140 valence electrons. The molecule has 0 spiro atoms. The number of carbonyl (C=O) groups excluding carboxylic acids is 1. The van der Waals surface area contributed by atoms with Gasteiger partial charge in [0.2, 0.25) is 5.95 Å². The van der Waals surface area contributed by atoms with E-state index >= 15 is 0 Å². The quantitative estimate of drug-likeness (QED) is 0.650. The van der Waals surface area contributed by atoms with E-state index in [2.05, 4.69) is 55.2 Å². The SMILES string of the molecule is CC(C)(C)C(C)(C)Nc1nc(N[C@H]2CC[C@H](O)CC2)ncc1C(N)=O. The second-order valence-electron chi connectivity index (χ2n) is 8.47. The molecule has 1 saturated carbocycles. The standard InChI is InChI=1S/C18H31N5O2/c1-17(2,3)18(4,5)23-15-13(14(19)25)10-20-16(22-15)21-11-6-8-12(24)9-7-11/h10-12,24H,6-9H2,1-5H3,(H2,19,25)(H2,20,21,22,23)/t11-,12-. The smallest absolute Gasteiger partial charge is 0.254 e. The molecule has 1 amide bonds. The number of rotatable bonds is 5. The highest BCUT2D eigenvalue weighted by atomic mass is 16.3. The van der Waals surface area contributed by atoms with E-state index in [0.29, 0.717) is 11.8 Å². The molecule has 0 aromatic carbocycles. The van der Waals surface area contributed by atoms with E-state index in [9.17, 15) is 9.90 Å². The van der Waals surface area contributed by atoms with Gasteiger partial charge in [-0.05, 0) is 44.9 Å². The monoisotopic (exact) mass is 349 g/mol. The second kappa shape index (κ2) is 7.15. The van der Waals surface area contributed by atoms with Gasteiger partial charge in [0.05, 0.1) is 11.7 Å². The predicted octanol–water partition coefficient (Wildman–Crippen LogP) is 2.53. The summed E-state index contributed by atoms with van der Waals surface area (Å²) < 4.78 is 0. The lowest BCUT2D eigenvalue weighted by Gasteiger charge is -2.40. The van der Waals surface area contributed by atoms with Gasteiger partial charge in [0, 0.05) is 17.8 Å². The first-order chi connectivity index (χ1) is 11.5. The number of nitrogens with zero attached hydrogens (tertiary/aromatic N) is 2. The number of hydrogen-bond donors (Lipinski definition) is 4. The number of aliphatic hydroxyl groups excluding tert-OH is 1. The Morgan fingerprint density at radius 1 is 1.20 bits per heavy atom. The number of carbonyl (C=O) groups is 1. The number of amides is 1. The van der Waals surface area contributed by atoms with E-state index in [1.54, 1.807) is 0 Å². The zero-order valence-electron chi connectivity index (χ0n) is 15.9. The van der Waals surface area contributed by atoms with E-state index in [4.69, 9.17) is 5.73 Å². The third kappa shape index (κ3) is 4.81. The van der Waals surface area contributed by atoms with Gasteiger partial charge in [-0.15, -0.1) is 0 Å². The number of nitrogens with two attached hydrogens (primary N) is 1. The Balaban J connectivity index is 2.23. The van der Waals surface area contributed by atoms with Crippen molar-refractivity contribution in [3.63, 3.8) is 0 Å². The van der Waals surface area contributed by atoms with Gasteiger partial charge in [-0.25, -0.2) is 4.98 Å². The first-order valence-electron chi connectivity index (χ1n) is 8.89. The molecule has 1 aromatic rings. The fourth-order valence-electron chi connectivity index (χ4n) is 2.61. The summed E-state index contributed by atoms with van der Waals surface area (Å²) in [6, 6.07) is 0.228. The molecule has 0 atom stereocenters. The van der Waals surface area contributed by atoms with E-state index < -0.39 is 5.91 Å². The van der Waals surface area contributed by atoms with Crippen molar-refractivity contribution in [1.82, 2.24) is 9.97 Å². The number of anilines is 2. The summed E-state index contributed by atoms with van der Waals surface area (Å²) in [6.07, 6.45) is 4.56. The van der Waals surface area contributed by atoms with Gasteiger partial charge in [0.15, 0.2) is 0 Å². The minimum absolute atomic E-state index is 0.0556. The van der Waals surface area contributed by atoms with Crippen LogP contribution in [0.25, 0.3) is 0 Å². The highest BCUT2D eigenvalue weighted by Crippen LogP contribution is 2.33. The van der Waals surface area contributed by atoms with Crippen LogP contribution in [-0.2, 0) is 0 Å². The third-order valence-corrected chi connectivity index (χ3v) is 5.39. The molecule has 1 aliphatic carbocycles. The lowest BCUT2D eigenvalue weighted by Crippen LogP contribution is -2.45. The van der Waals surface area contributed by atoms with Crippen LogP contribution in [0, 0.1) is 5.41 Å². The number of hydrogen-bond acceptors (Lipinski definition) is 6. The minimum atomic E-state index is -0.556. The molecule has 7 nitrogen and oxygen atoms in total. The molecule has 7 heteroatoms. The van der Waals surface area contributed by atoms with Crippen molar-refractivity contribution in [3.05, 3.63) is 11.8 Å². The van der Waals surface area contributed by atoms with Crippen LogP contribution >= 0.6 is 0 Å². The summed E-state index contributed by atoms with van der Waals surface area (Å²) in [4.78, 5) is 20.5. The maximum atomic E-state index is 11.7. The van der Waals surface area contributed by atoms with Crippen LogP contribution in [0.15, 0.2) is 6.20 Å². The average molecular weight is 349 g/mol. The van der Waals surface area contributed by atoms with Crippen molar-refractivity contribution in [2.45, 2.75) is 78.0 Å². The molecule has 1 fully saturated rings. The van der Waals surface area contributed by atoms with Crippen molar-refractivity contribution in [3.8, 4) is 0 Å². The van der Waals surface area contributed by atoms with Gasteiger partial charge in [0.25, 0.3) is 5.91 Å². The molecule has 0 bridgehead atoms. The maximum Gasteiger partial charge on any atom is 0.254 e. The number of aliphatic hydroxyl groups is 1. The van der Waals surface area contributed by atoms with E-state index in [-0.39, 0.29) is 28.7 Å². The van der Waals surface area contributed by atoms with E-state index in [1.165, 1.54) is 6.20 Å². The van der Waals surface area contributed by atoms with Crippen molar-refractivity contribution in [1.29, 1.82) is 0 Å². The zero-order chi connectivity index (χ0) is 18.8. The molecule has 25 heavy (non-hydrogen) atoms. The van der Waals surface area contributed by atoms with Gasteiger partial charge in [-0.2, -0.15) is 4.98 Å². The van der Waals surface area contributed by atoms with Gasteiger partial charge in [-0.3, -0.25) is 4.79 Å². The second-order valence-corrected chi connectivity index (χ2v) is 8.47. The molecular formula is C18H31N5O2. The molecule has 0 saturated heterocycles. The Labute approximate surface area is 149 Å². The molecule has 0 radical (unpaired) electrons. The Hall–Kier alpha value is -1.89. The fourth-order valence-corrected chi connectivity index (χ4v) is 2.61. The first-order valence-corrected chi connectivity index (χ1v) is 8.89. The van der Waals surface area contributed by atoms with Gasteiger partial charge in [0.1, 0.15) is 5.82 Å². The molecule has 1 aromatic heterocycles. The van der Waals surface area contributed by atoms with E-state index in [1.807, 2.05) is 0 Å². The van der Waals surface area contributed by atoms with E-state index in [0.717, 1.165) is 25.7 Å². The van der Waals surface area contributed by atoms with Crippen molar-refractivity contribution in [2.24, 2.45) is 11.1 Å². The van der Waals surface area contributed by atoms with Crippen LogP contribution < -0.4 is 16.4 Å². The normalized spacial score (nSPS) is 21.7. The topological polar surface area (TPSA) is 113 Å². The zero-order valence-corrected chi connectivity index (χ0v) is 15.9. The molecule has 1 aliphatic rings. The molecule has 1 heterocycles. The van der Waals surface area contributed by atoms with Crippen molar-refractivity contribution >= 4 is 17.7 Å². The Kier molecular flexibility index (Phi) is 5.56. The summed E-state index contributed by atoms with van der Waals surface area (Å²) in [6.45, 7) is 10.5. The summed E-state index contributed by atoms with van der Waals surface area (Å²) >= 11 is 0. The van der Waals surface area contributed by atoms with Crippen LogP contribution in [0.3, 0.4) is 0 Å². The maximum absolute atomic E-state index is 11.7. The number of nitrogens with one attached hydrogen (secondary N) is 2. The van der Waals surface area contributed by atoms with Crippen LogP contribution in [0.4, 0.5) is 11.8 Å². The van der Waals surface area contributed by atoms with Crippen LogP contribution in [-0.4, -0.2) is 38.7 Å². The molecule has 5 N–H and O–H groups in total. The van der Waals surface area contributed by atoms with Gasteiger partial charge >= 0.3 is 0 Å². The first kappa shape index (κ1) is 19.4. The predicted molar refractivity (Wildman–Crippen MR) is 99.6 cm³/mol. The van der Waals surface area contributed by atoms with Crippen LogP contribution in [0.1, 0.15) is 70.7 Å². The summed E-state index contributed by atoms with van der Waals surface area (Å²) in [5.41, 5.74) is 5.40. The van der Waals surface area contributed by atoms with Crippen molar-refractivity contribution in [2.75, 3.05) is 10.6 Å². The minimum Gasteiger partial charge on any atom is -0.393 e. The molecular weight excluding hydrogens is 318 g/mol. The Bertz CT molecular complexity index is 616. The van der Waals surface area contributed by atoms with Gasteiger partial charge in [-0.1, -0.05) is 20.8 Å². The highest BCUT2D eigenvalue weighted by molar-refractivity contribution is 5.97. The van der Waals surface area contributed by atoms with Gasteiger partial charge < -0.3 is 21.5 Å². The molecule has 2 rings (SSSR count). The summed E-state index contributed by atoms with van der Waals surface area (Å²) in [5.74, 6) is 0.360. The van der Waals surface area contributed by atoms with Crippen LogP contribution in [0.5, 0.6) is 0 Å². The number of aromatic nitrogens is 2. The third-order valence-electron chi connectivity index (χ3n) is 5.39. The number of primary amides is 1. The summed E-state index contributed by atoms with van der Waals surface area (Å²) in [7, 11) is 0. The average Bonchev–Trinajstić information content (AvgIpc) is 2.48. The Morgan fingerprint density at radius 3 is 2.32 bits per heavy atom. The highest BCUT2D eigenvalue weighted by Gasteiger charge is 2.34. The Morgan fingerprint density at radius 2 is 1.80 bits per heavy atom. The largest absolute Gasteiger partial charge is 0.393 e. The lowest BCUT2D eigenvalue weighted by atomic mass is 9.76. The fraction of sp³-hybridized carbons (Fsp3) is 0.722. The van der Waals surface area contributed by atoms with Crippen LogP contribution in [0.2, 0.25) is 0 Å². The molecule has 0 unspecified atom stereocenters.